The van der Waals surface area contributed by atoms with Gasteiger partial charge in [-0.25, -0.2) is 4.98 Å². The fourth-order valence-electron chi connectivity index (χ4n) is 3.66. The Bertz CT molecular complexity index is 676. The Labute approximate surface area is 128 Å². The minimum atomic E-state index is -0.662. The van der Waals surface area contributed by atoms with Gasteiger partial charge in [-0.05, 0) is 49.4 Å². The molecule has 4 rings (SSSR count). The molecule has 2 fully saturated rings. The molecule has 110 valence electrons. The molecule has 0 aliphatic carbocycles. The quantitative estimate of drug-likeness (QED) is 0.922. The molecule has 4 heteroatoms. The van der Waals surface area contributed by atoms with Crippen molar-refractivity contribution >= 4 is 22.7 Å². The second-order valence-corrected chi connectivity index (χ2v) is 7.76. The third-order valence-electron chi connectivity index (χ3n) is 4.74. The predicted molar refractivity (Wildman–Crippen MR) is 85.8 cm³/mol. The van der Waals surface area contributed by atoms with Crippen LogP contribution in [0, 0.1) is 0 Å². The van der Waals surface area contributed by atoms with Gasteiger partial charge in [-0.15, -0.1) is 0 Å². The summed E-state index contributed by atoms with van der Waals surface area (Å²) >= 11 is 2.07. The maximum absolute atomic E-state index is 11.1. The third-order valence-corrected chi connectivity index (χ3v) is 6.31. The minimum absolute atomic E-state index is 0.624. The maximum atomic E-state index is 11.1. The number of fused-ring (bicyclic) bond motifs is 3. The number of nitrogens with zero attached hydrogens (tertiary/aromatic N) is 1. The van der Waals surface area contributed by atoms with E-state index in [1.165, 1.54) is 12.8 Å². The Morgan fingerprint density at radius 1 is 1.19 bits per heavy atom. The summed E-state index contributed by atoms with van der Waals surface area (Å²) in [6.07, 6.45) is 4.26. The highest BCUT2D eigenvalue weighted by Gasteiger charge is 2.44. The van der Waals surface area contributed by atoms with Gasteiger partial charge in [0.2, 0.25) is 5.88 Å². The molecular weight excluding hydrogens is 282 g/mol. The second-order valence-electron chi connectivity index (χ2n) is 6.16. The van der Waals surface area contributed by atoms with Crippen LogP contribution in [0.2, 0.25) is 0 Å². The van der Waals surface area contributed by atoms with E-state index in [0.717, 1.165) is 29.3 Å². The average Bonchev–Trinajstić information content (AvgIpc) is 2.85. The fraction of sp³-hybridized carbons (Fsp3) is 0.471. The van der Waals surface area contributed by atoms with Crippen molar-refractivity contribution in [3.05, 3.63) is 35.9 Å². The van der Waals surface area contributed by atoms with Gasteiger partial charge in [0.1, 0.15) is 0 Å². The molecule has 2 unspecified atom stereocenters. The van der Waals surface area contributed by atoms with Crippen molar-refractivity contribution < 1.29 is 9.84 Å². The lowest BCUT2D eigenvalue weighted by Gasteiger charge is -2.36. The lowest BCUT2D eigenvalue weighted by Crippen LogP contribution is -2.34. The zero-order chi connectivity index (χ0) is 14.4. The Kier molecular flexibility index (Phi) is 3.12. The van der Waals surface area contributed by atoms with Crippen molar-refractivity contribution in [2.24, 2.45) is 0 Å². The van der Waals surface area contributed by atoms with E-state index >= 15 is 0 Å². The van der Waals surface area contributed by atoms with Gasteiger partial charge in [-0.2, -0.15) is 11.8 Å². The van der Waals surface area contributed by atoms with E-state index < -0.39 is 5.60 Å². The number of aliphatic hydroxyl groups is 1. The SMILES string of the molecule is COc1ccc2cc(C3(O)CC4CCC(C3)S4)ccc2n1. The number of ether oxygens (including phenoxy) is 1. The molecule has 1 aromatic carbocycles. The Morgan fingerprint density at radius 2 is 1.95 bits per heavy atom. The van der Waals surface area contributed by atoms with Crippen LogP contribution in [0.4, 0.5) is 0 Å². The number of rotatable bonds is 2. The van der Waals surface area contributed by atoms with Crippen molar-refractivity contribution in [2.75, 3.05) is 7.11 Å². The van der Waals surface area contributed by atoms with Crippen LogP contribution in [0.5, 0.6) is 5.88 Å². The highest BCUT2D eigenvalue weighted by Crippen LogP contribution is 2.51. The van der Waals surface area contributed by atoms with E-state index in [9.17, 15) is 5.11 Å². The summed E-state index contributed by atoms with van der Waals surface area (Å²) in [6.45, 7) is 0. The molecule has 2 aliphatic rings. The Balaban J connectivity index is 1.73. The molecule has 2 atom stereocenters. The van der Waals surface area contributed by atoms with Gasteiger partial charge in [0, 0.05) is 22.0 Å². The lowest BCUT2D eigenvalue weighted by atomic mass is 9.85. The highest BCUT2D eigenvalue weighted by atomic mass is 32.2. The molecule has 2 bridgehead atoms. The summed E-state index contributed by atoms with van der Waals surface area (Å²) in [5.74, 6) is 0.626. The molecular formula is C17H19NO2S. The van der Waals surface area contributed by atoms with Crippen LogP contribution in [-0.2, 0) is 5.60 Å². The van der Waals surface area contributed by atoms with Gasteiger partial charge in [0.15, 0.2) is 0 Å². The molecule has 1 N–H and O–H groups in total. The fourth-order valence-corrected chi connectivity index (χ4v) is 5.50. The van der Waals surface area contributed by atoms with Crippen molar-refractivity contribution in [1.82, 2.24) is 4.98 Å². The summed E-state index contributed by atoms with van der Waals surface area (Å²) in [5, 5.41) is 13.4. The molecule has 1 aromatic heterocycles. The summed E-state index contributed by atoms with van der Waals surface area (Å²) in [5.41, 5.74) is 1.29. The van der Waals surface area contributed by atoms with E-state index in [2.05, 4.69) is 22.8 Å². The van der Waals surface area contributed by atoms with Gasteiger partial charge >= 0.3 is 0 Å². The molecule has 21 heavy (non-hydrogen) atoms. The predicted octanol–water partition coefficient (Wildman–Crippen LogP) is 3.49. The van der Waals surface area contributed by atoms with Crippen molar-refractivity contribution in [2.45, 2.75) is 41.8 Å². The molecule has 0 saturated carbocycles. The first kappa shape index (κ1) is 13.4. The lowest BCUT2D eigenvalue weighted by molar-refractivity contribution is 0.0198. The first-order chi connectivity index (χ1) is 10.2. The normalized spacial score (nSPS) is 31.5. The minimum Gasteiger partial charge on any atom is -0.481 e. The summed E-state index contributed by atoms with van der Waals surface area (Å²) < 4.78 is 5.16. The standard InChI is InChI=1S/C17H19NO2S/c1-20-16-7-2-11-8-12(3-6-15(11)18-16)17(19)9-13-4-5-14(10-17)21-13/h2-3,6-8,13-14,19H,4-5,9-10H2,1H3. The van der Waals surface area contributed by atoms with Crippen molar-refractivity contribution in [3.8, 4) is 5.88 Å². The molecule has 2 aliphatic heterocycles. The summed E-state index contributed by atoms with van der Waals surface area (Å²) in [7, 11) is 1.63. The van der Waals surface area contributed by atoms with E-state index in [4.69, 9.17) is 4.74 Å². The zero-order valence-corrected chi connectivity index (χ0v) is 12.9. The van der Waals surface area contributed by atoms with Crippen LogP contribution in [0.1, 0.15) is 31.2 Å². The molecule has 3 nitrogen and oxygen atoms in total. The van der Waals surface area contributed by atoms with Gasteiger partial charge < -0.3 is 9.84 Å². The molecule has 2 saturated heterocycles. The van der Waals surface area contributed by atoms with Crippen LogP contribution >= 0.6 is 11.8 Å². The summed E-state index contributed by atoms with van der Waals surface area (Å²) in [4.78, 5) is 4.44. The van der Waals surface area contributed by atoms with Crippen LogP contribution < -0.4 is 4.74 Å². The number of thioether (sulfide) groups is 1. The largest absolute Gasteiger partial charge is 0.481 e. The van der Waals surface area contributed by atoms with Crippen molar-refractivity contribution in [3.63, 3.8) is 0 Å². The highest BCUT2D eigenvalue weighted by molar-refractivity contribution is 8.00. The Hall–Kier alpha value is -1.26. The maximum Gasteiger partial charge on any atom is 0.213 e. The molecule has 0 radical (unpaired) electrons. The zero-order valence-electron chi connectivity index (χ0n) is 12.1. The molecule has 2 aromatic rings. The van der Waals surface area contributed by atoms with E-state index in [1.807, 2.05) is 24.3 Å². The number of methoxy groups -OCH3 is 1. The van der Waals surface area contributed by atoms with E-state index in [0.29, 0.717) is 16.4 Å². The van der Waals surface area contributed by atoms with Gasteiger partial charge in [0.05, 0.1) is 18.2 Å². The van der Waals surface area contributed by atoms with Crippen LogP contribution in [0.15, 0.2) is 30.3 Å². The molecule has 0 amide bonds. The van der Waals surface area contributed by atoms with Crippen LogP contribution in [-0.4, -0.2) is 27.7 Å². The van der Waals surface area contributed by atoms with Gasteiger partial charge in [-0.3, -0.25) is 0 Å². The number of benzene rings is 1. The van der Waals surface area contributed by atoms with Gasteiger partial charge in [-0.1, -0.05) is 6.07 Å². The third kappa shape index (κ3) is 2.30. The smallest absolute Gasteiger partial charge is 0.213 e. The average molecular weight is 301 g/mol. The Morgan fingerprint density at radius 3 is 2.67 bits per heavy atom. The molecule has 0 spiro atoms. The van der Waals surface area contributed by atoms with E-state index in [-0.39, 0.29) is 0 Å². The topological polar surface area (TPSA) is 42.4 Å². The number of pyridine rings is 1. The van der Waals surface area contributed by atoms with E-state index in [1.54, 1.807) is 7.11 Å². The molecule has 3 heterocycles. The first-order valence-electron chi connectivity index (χ1n) is 7.49. The number of hydrogen-bond acceptors (Lipinski definition) is 4. The second kappa shape index (κ2) is 4.89. The van der Waals surface area contributed by atoms with Crippen molar-refractivity contribution in [1.29, 1.82) is 0 Å². The van der Waals surface area contributed by atoms with Crippen LogP contribution in [0.3, 0.4) is 0 Å². The number of hydrogen-bond donors (Lipinski definition) is 1. The monoisotopic (exact) mass is 301 g/mol. The first-order valence-corrected chi connectivity index (χ1v) is 8.44. The number of aromatic nitrogens is 1. The van der Waals surface area contributed by atoms with Gasteiger partial charge in [0.25, 0.3) is 0 Å². The summed E-state index contributed by atoms with van der Waals surface area (Å²) in [6, 6.07) is 10.0. The van der Waals surface area contributed by atoms with Crippen LogP contribution in [0.25, 0.3) is 10.9 Å².